The molecule has 1 heterocycles. The first-order valence-electron chi connectivity index (χ1n) is 6.35. The van der Waals surface area contributed by atoms with Crippen molar-refractivity contribution in [3.63, 3.8) is 0 Å². The fourth-order valence-electron chi connectivity index (χ4n) is 1.57. The van der Waals surface area contributed by atoms with Crippen molar-refractivity contribution in [3.8, 4) is 0 Å². The SMILES string of the molecule is Cc1nnc(Sc2cccc(F)c2CNC(C)(C)C)s1. The summed E-state index contributed by atoms with van der Waals surface area (Å²) in [5.74, 6) is -0.187. The summed E-state index contributed by atoms with van der Waals surface area (Å²) in [6.45, 7) is 8.60. The summed E-state index contributed by atoms with van der Waals surface area (Å²) in [6.07, 6.45) is 0. The summed E-state index contributed by atoms with van der Waals surface area (Å²) in [5.41, 5.74) is 0.629. The van der Waals surface area contributed by atoms with E-state index in [1.54, 1.807) is 6.07 Å². The van der Waals surface area contributed by atoms with E-state index in [4.69, 9.17) is 0 Å². The normalized spacial score (nSPS) is 11.8. The van der Waals surface area contributed by atoms with Gasteiger partial charge in [0.05, 0.1) is 0 Å². The van der Waals surface area contributed by atoms with E-state index in [2.05, 4.69) is 36.3 Å². The third-order valence-corrected chi connectivity index (χ3v) is 4.57. The second-order valence-corrected chi connectivity index (χ2v) is 7.98. The van der Waals surface area contributed by atoms with E-state index in [1.165, 1.54) is 29.2 Å². The van der Waals surface area contributed by atoms with E-state index in [-0.39, 0.29) is 11.4 Å². The van der Waals surface area contributed by atoms with Crippen LogP contribution in [0, 0.1) is 12.7 Å². The van der Waals surface area contributed by atoms with Crippen molar-refractivity contribution < 1.29 is 4.39 Å². The van der Waals surface area contributed by atoms with Crippen LogP contribution >= 0.6 is 23.1 Å². The Morgan fingerprint density at radius 2 is 2.05 bits per heavy atom. The van der Waals surface area contributed by atoms with Crippen molar-refractivity contribution in [2.45, 2.75) is 49.0 Å². The van der Waals surface area contributed by atoms with Crippen molar-refractivity contribution in [1.82, 2.24) is 15.5 Å². The average molecular weight is 311 g/mol. The van der Waals surface area contributed by atoms with Crippen molar-refractivity contribution in [2.24, 2.45) is 0 Å². The van der Waals surface area contributed by atoms with Gasteiger partial charge in [0, 0.05) is 22.5 Å². The maximum absolute atomic E-state index is 14.0. The molecule has 2 rings (SSSR count). The number of aromatic nitrogens is 2. The minimum atomic E-state index is -0.187. The molecule has 0 aliphatic heterocycles. The molecule has 3 nitrogen and oxygen atoms in total. The third kappa shape index (κ3) is 4.26. The first kappa shape index (κ1) is 15.4. The first-order chi connectivity index (χ1) is 9.35. The smallest absolute Gasteiger partial charge is 0.179 e. The molecule has 108 valence electrons. The highest BCUT2D eigenvalue weighted by molar-refractivity contribution is 8.01. The summed E-state index contributed by atoms with van der Waals surface area (Å²) in [6, 6.07) is 5.14. The number of aryl methyl sites for hydroxylation is 1. The van der Waals surface area contributed by atoms with Crippen LogP contribution in [0.4, 0.5) is 4.39 Å². The van der Waals surface area contributed by atoms with E-state index in [0.717, 1.165) is 14.2 Å². The molecule has 1 aromatic heterocycles. The molecule has 1 N–H and O–H groups in total. The van der Waals surface area contributed by atoms with Crippen LogP contribution in [0.2, 0.25) is 0 Å². The zero-order valence-corrected chi connectivity index (χ0v) is 13.7. The molecule has 0 saturated heterocycles. The number of nitrogens with one attached hydrogen (secondary N) is 1. The lowest BCUT2D eigenvalue weighted by atomic mass is 10.1. The molecule has 0 atom stereocenters. The molecule has 0 fully saturated rings. The van der Waals surface area contributed by atoms with Gasteiger partial charge in [0.15, 0.2) is 4.34 Å². The number of rotatable bonds is 4. The van der Waals surface area contributed by atoms with Gasteiger partial charge in [-0.05, 0) is 39.8 Å². The highest BCUT2D eigenvalue weighted by Gasteiger charge is 2.15. The average Bonchev–Trinajstić information content (AvgIpc) is 2.73. The van der Waals surface area contributed by atoms with Crippen LogP contribution in [0.3, 0.4) is 0 Å². The Balaban J connectivity index is 2.21. The van der Waals surface area contributed by atoms with Gasteiger partial charge in [0.2, 0.25) is 0 Å². The second-order valence-electron chi connectivity index (χ2n) is 5.51. The molecule has 0 aliphatic carbocycles. The van der Waals surface area contributed by atoms with Crippen LogP contribution < -0.4 is 5.32 Å². The summed E-state index contributed by atoms with van der Waals surface area (Å²) < 4.78 is 14.9. The molecule has 0 aliphatic rings. The van der Waals surface area contributed by atoms with Crippen LogP contribution in [-0.2, 0) is 6.54 Å². The Hall–Kier alpha value is -0.980. The van der Waals surface area contributed by atoms with E-state index < -0.39 is 0 Å². The molecule has 0 bridgehead atoms. The zero-order valence-electron chi connectivity index (χ0n) is 12.0. The van der Waals surface area contributed by atoms with Crippen LogP contribution in [-0.4, -0.2) is 15.7 Å². The Morgan fingerprint density at radius 3 is 2.65 bits per heavy atom. The fourth-order valence-corrected chi connectivity index (χ4v) is 3.50. The van der Waals surface area contributed by atoms with E-state index in [9.17, 15) is 4.39 Å². The van der Waals surface area contributed by atoms with Gasteiger partial charge < -0.3 is 5.32 Å². The topological polar surface area (TPSA) is 37.8 Å². The molecule has 0 spiro atoms. The minimum absolute atomic E-state index is 0.0520. The van der Waals surface area contributed by atoms with Crippen LogP contribution in [0.15, 0.2) is 27.4 Å². The van der Waals surface area contributed by atoms with Gasteiger partial charge in [-0.2, -0.15) is 0 Å². The number of halogens is 1. The van der Waals surface area contributed by atoms with Crippen LogP contribution in [0.1, 0.15) is 31.3 Å². The number of nitrogens with zero attached hydrogens (tertiary/aromatic N) is 2. The maximum atomic E-state index is 14.0. The lowest BCUT2D eigenvalue weighted by Gasteiger charge is -2.21. The lowest BCUT2D eigenvalue weighted by Crippen LogP contribution is -2.35. The van der Waals surface area contributed by atoms with E-state index in [0.29, 0.717) is 12.1 Å². The van der Waals surface area contributed by atoms with Gasteiger partial charge in [-0.3, -0.25) is 0 Å². The van der Waals surface area contributed by atoms with E-state index >= 15 is 0 Å². The summed E-state index contributed by atoms with van der Waals surface area (Å²) >= 11 is 2.98. The Bertz CT molecular complexity index is 590. The molecule has 6 heteroatoms. The third-order valence-electron chi connectivity index (χ3n) is 2.58. The monoisotopic (exact) mass is 311 g/mol. The fraction of sp³-hybridized carbons (Fsp3) is 0.429. The molecule has 0 radical (unpaired) electrons. The highest BCUT2D eigenvalue weighted by atomic mass is 32.2. The number of hydrogen-bond acceptors (Lipinski definition) is 5. The first-order valence-corrected chi connectivity index (χ1v) is 7.99. The predicted octanol–water partition coefficient (Wildman–Crippen LogP) is 4.02. The standard InChI is InChI=1S/C14H18FN3S2/c1-9-17-18-13(19-9)20-12-7-5-6-11(15)10(12)8-16-14(2,3)4/h5-7,16H,8H2,1-4H3. The van der Waals surface area contributed by atoms with Gasteiger partial charge in [-0.1, -0.05) is 29.2 Å². The molecular formula is C14H18FN3S2. The zero-order chi connectivity index (χ0) is 14.8. The van der Waals surface area contributed by atoms with Gasteiger partial charge in [0.25, 0.3) is 0 Å². The van der Waals surface area contributed by atoms with Crippen molar-refractivity contribution in [2.75, 3.05) is 0 Å². The van der Waals surface area contributed by atoms with Crippen molar-refractivity contribution in [3.05, 3.63) is 34.6 Å². The van der Waals surface area contributed by atoms with Gasteiger partial charge in [0.1, 0.15) is 10.8 Å². The predicted molar refractivity (Wildman–Crippen MR) is 81.8 cm³/mol. The van der Waals surface area contributed by atoms with Gasteiger partial charge >= 0.3 is 0 Å². The molecule has 0 saturated carbocycles. The summed E-state index contributed by atoms with van der Waals surface area (Å²) in [4.78, 5) is 0.887. The second kappa shape index (κ2) is 6.20. The Kier molecular flexibility index (Phi) is 4.78. The molecule has 2 aromatic rings. The number of benzene rings is 1. The molecule has 0 unspecified atom stereocenters. The summed E-state index contributed by atoms with van der Waals surface area (Å²) in [5, 5.41) is 12.3. The Morgan fingerprint density at radius 1 is 1.30 bits per heavy atom. The maximum Gasteiger partial charge on any atom is 0.179 e. The summed E-state index contributed by atoms with van der Waals surface area (Å²) in [7, 11) is 0. The Labute approximate surface area is 127 Å². The van der Waals surface area contributed by atoms with Gasteiger partial charge in [-0.25, -0.2) is 4.39 Å². The molecule has 0 amide bonds. The van der Waals surface area contributed by atoms with Crippen molar-refractivity contribution in [1.29, 1.82) is 0 Å². The highest BCUT2D eigenvalue weighted by Crippen LogP contribution is 2.33. The van der Waals surface area contributed by atoms with E-state index in [1.807, 2.05) is 13.0 Å². The molecule has 20 heavy (non-hydrogen) atoms. The molecular weight excluding hydrogens is 293 g/mol. The lowest BCUT2D eigenvalue weighted by molar-refractivity contribution is 0.416. The largest absolute Gasteiger partial charge is 0.308 e. The van der Waals surface area contributed by atoms with Gasteiger partial charge in [-0.15, -0.1) is 10.2 Å². The van der Waals surface area contributed by atoms with Crippen molar-refractivity contribution >= 4 is 23.1 Å². The van der Waals surface area contributed by atoms with Crippen LogP contribution in [0.5, 0.6) is 0 Å². The quantitative estimate of drug-likeness (QED) is 0.925. The van der Waals surface area contributed by atoms with Crippen LogP contribution in [0.25, 0.3) is 0 Å². The molecule has 1 aromatic carbocycles. The minimum Gasteiger partial charge on any atom is -0.308 e. The number of hydrogen-bond donors (Lipinski definition) is 1.